The molecule has 1 unspecified atom stereocenters. The summed E-state index contributed by atoms with van der Waals surface area (Å²) in [6, 6.07) is 15.7. The predicted octanol–water partition coefficient (Wildman–Crippen LogP) is 3.83. The van der Waals surface area contributed by atoms with E-state index in [2.05, 4.69) is 4.98 Å². The highest BCUT2D eigenvalue weighted by molar-refractivity contribution is 7.22. The Morgan fingerprint density at radius 3 is 2.87 bits per heavy atom. The maximum atomic E-state index is 13.0. The van der Waals surface area contributed by atoms with Gasteiger partial charge in [-0.1, -0.05) is 41.7 Å². The molecule has 0 aliphatic carbocycles. The van der Waals surface area contributed by atoms with Gasteiger partial charge in [-0.3, -0.25) is 9.69 Å². The number of ether oxygens (including phenoxy) is 1. The molecule has 23 heavy (non-hydrogen) atoms. The maximum Gasteiger partial charge on any atom is 0.236 e. The quantitative estimate of drug-likeness (QED) is 0.719. The summed E-state index contributed by atoms with van der Waals surface area (Å²) in [6.07, 6.45) is 0.699. The van der Waals surface area contributed by atoms with E-state index in [0.29, 0.717) is 13.0 Å². The highest BCUT2D eigenvalue weighted by Crippen LogP contribution is 2.36. The molecular formula is C18H16N2O2S. The van der Waals surface area contributed by atoms with E-state index in [1.165, 1.54) is 0 Å². The number of fused-ring (bicyclic) bond motifs is 2. The number of rotatable bonds is 2. The van der Waals surface area contributed by atoms with Gasteiger partial charge in [-0.25, -0.2) is 4.98 Å². The van der Waals surface area contributed by atoms with Crippen molar-refractivity contribution in [3.05, 3.63) is 54.1 Å². The molecule has 1 amide bonds. The number of likely N-dealkylation sites (N-methyl/N-ethyl adjacent to an activating group) is 1. The van der Waals surface area contributed by atoms with Crippen molar-refractivity contribution in [3.8, 4) is 5.75 Å². The lowest BCUT2D eigenvalue weighted by molar-refractivity contribution is -0.120. The van der Waals surface area contributed by atoms with Crippen LogP contribution in [0.5, 0.6) is 5.75 Å². The Balaban J connectivity index is 1.66. The molecule has 0 radical (unpaired) electrons. The van der Waals surface area contributed by atoms with Gasteiger partial charge in [0, 0.05) is 12.6 Å². The van der Waals surface area contributed by atoms with Crippen molar-refractivity contribution in [2.75, 3.05) is 18.6 Å². The van der Waals surface area contributed by atoms with Crippen LogP contribution in [0.3, 0.4) is 0 Å². The minimum atomic E-state index is -0.169. The van der Waals surface area contributed by atoms with Gasteiger partial charge in [0.25, 0.3) is 0 Å². The van der Waals surface area contributed by atoms with Gasteiger partial charge in [-0.05, 0) is 24.6 Å². The fourth-order valence-corrected chi connectivity index (χ4v) is 3.86. The highest BCUT2D eigenvalue weighted by Gasteiger charge is 2.31. The largest absolute Gasteiger partial charge is 0.493 e. The molecule has 1 aromatic heterocycles. The van der Waals surface area contributed by atoms with E-state index in [1.807, 2.05) is 48.5 Å². The highest BCUT2D eigenvalue weighted by atomic mass is 32.1. The number of benzene rings is 2. The summed E-state index contributed by atoms with van der Waals surface area (Å²) >= 11 is 1.54. The summed E-state index contributed by atoms with van der Waals surface area (Å²) in [7, 11) is 1.80. The Labute approximate surface area is 138 Å². The van der Waals surface area contributed by atoms with Crippen LogP contribution in [0.2, 0.25) is 0 Å². The minimum absolute atomic E-state index is 0.0693. The molecule has 5 heteroatoms. The van der Waals surface area contributed by atoms with Crippen molar-refractivity contribution in [2.45, 2.75) is 12.3 Å². The number of aromatic nitrogens is 1. The number of para-hydroxylation sites is 2. The van der Waals surface area contributed by atoms with Crippen LogP contribution in [0, 0.1) is 0 Å². The fourth-order valence-electron chi connectivity index (χ4n) is 2.93. The van der Waals surface area contributed by atoms with Gasteiger partial charge < -0.3 is 4.74 Å². The van der Waals surface area contributed by atoms with Crippen LogP contribution in [0.1, 0.15) is 17.9 Å². The van der Waals surface area contributed by atoms with Gasteiger partial charge >= 0.3 is 0 Å². The molecule has 116 valence electrons. The predicted molar refractivity (Wildman–Crippen MR) is 92.3 cm³/mol. The molecule has 0 fully saturated rings. The van der Waals surface area contributed by atoms with Gasteiger partial charge in [0.05, 0.1) is 22.7 Å². The number of hydrogen-bond acceptors (Lipinski definition) is 4. The second-order valence-corrected chi connectivity index (χ2v) is 6.60. The summed E-state index contributed by atoms with van der Waals surface area (Å²) < 4.78 is 6.75. The Morgan fingerprint density at radius 2 is 2.00 bits per heavy atom. The number of nitrogens with zero attached hydrogens (tertiary/aromatic N) is 2. The SMILES string of the molecule is CN(C(=O)C1CCOc2ccccc21)c1nc2ccccc2s1. The third-order valence-electron chi connectivity index (χ3n) is 4.16. The molecule has 4 rings (SSSR count). The Hall–Kier alpha value is -2.40. The lowest BCUT2D eigenvalue weighted by Crippen LogP contribution is -2.34. The third kappa shape index (κ3) is 2.47. The maximum absolute atomic E-state index is 13.0. The summed E-state index contributed by atoms with van der Waals surface area (Å²) in [5, 5.41) is 0.736. The van der Waals surface area contributed by atoms with E-state index in [0.717, 1.165) is 26.7 Å². The van der Waals surface area contributed by atoms with E-state index >= 15 is 0 Å². The topological polar surface area (TPSA) is 42.4 Å². The molecule has 3 aromatic rings. The lowest BCUT2D eigenvalue weighted by atomic mass is 9.92. The molecule has 2 aromatic carbocycles. The van der Waals surface area contributed by atoms with E-state index < -0.39 is 0 Å². The number of anilines is 1. The molecule has 0 spiro atoms. The van der Waals surface area contributed by atoms with Crippen molar-refractivity contribution in [2.24, 2.45) is 0 Å². The Kier molecular flexibility index (Phi) is 3.50. The summed E-state index contributed by atoms with van der Waals surface area (Å²) in [4.78, 5) is 19.2. The van der Waals surface area contributed by atoms with Crippen LogP contribution in [0.4, 0.5) is 5.13 Å². The van der Waals surface area contributed by atoms with Crippen LogP contribution in [0.15, 0.2) is 48.5 Å². The zero-order chi connectivity index (χ0) is 15.8. The Morgan fingerprint density at radius 1 is 1.22 bits per heavy atom. The molecule has 2 heterocycles. The first-order valence-corrected chi connectivity index (χ1v) is 8.40. The van der Waals surface area contributed by atoms with Crippen LogP contribution in [0.25, 0.3) is 10.2 Å². The van der Waals surface area contributed by atoms with E-state index in [4.69, 9.17) is 4.74 Å². The van der Waals surface area contributed by atoms with Crippen LogP contribution < -0.4 is 9.64 Å². The van der Waals surface area contributed by atoms with E-state index in [9.17, 15) is 4.79 Å². The first kappa shape index (κ1) is 14.2. The number of carbonyl (C=O) groups is 1. The van der Waals surface area contributed by atoms with Crippen LogP contribution in [-0.4, -0.2) is 24.5 Å². The zero-order valence-corrected chi connectivity index (χ0v) is 13.5. The smallest absolute Gasteiger partial charge is 0.236 e. The molecule has 0 N–H and O–H groups in total. The van der Waals surface area contributed by atoms with E-state index in [-0.39, 0.29) is 11.8 Å². The first-order chi connectivity index (χ1) is 11.2. The van der Waals surface area contributed by atoms with Gasteiger partial charge in [0.2, 0.25) is 5.91 Å². The number of amides is 1. The second kappa shape index (κ2) is 5.66. The molecule has 4 nitrogen and oxygen atoms in total. The monoisotopic (exact) mass is 324 g/mol. The molecule has 0 saturated heterocycles. The molecule has 1 aliphatic rings. The van der Waals surface area contributed by atoms with Gasteiger partial charge in [-0.15, -0.1) is 0 Å². The summed E-state index contributed by atoms with van der Waals surface area (Å²) in [5.74, 6) is 0.714. The standard InChI is InChI=1S/C18H16N2O2S/c1-20(18-19-14-7-3-5-9-16(14)23-18)17(21)13-10-11-22-15-8-4-2-6-12(13)15/h2-9,13H,10-11H2,1H3. The minimum Gasteiger partial charge on any atom is -0.493 e. The van der Waals surface area contributed by atoms with Crippen LogP contribution >= 0.6 is 11.3 Å². The number of carbonyl (C=O) groups excluding carboxylic acids is 1. The lowest BCUT2D eigenvalue weighted by Gasteiger charge is -2.27. The van der Waals surface area contributed by atoms with Crippen molar-refractivity contribution in [1.82, 2.24) is 4.98 Å². The average molecular weight is 324 g/mol. The molecular weight excluding hydrogens is 308 g/mol. The zero-order valence-electron chi connectivity index (χ0n) is 12.7. The second-order valence-electron chi connectivity index (χ2n) is 5.59. The van der Waals surface area contributed by atoms with Crippen molar-refractivity contribution < 1.29 is 9.53 Å². The summed E-state index contributed by atoms with van der Waals surface area (Å²) in [5.41, 5.74) is 1.90. The Bertz CT molecular complexity index is 841. The summed E-state index contributed by atoms with van der Waals surface area (Å²) in [6.45, 7) is 0.571. The van der Waals surface area contributed by atoms with E-state index in [1.54, 1.807) is 23.3 Å². The van der Waals surface area contributed by atoms with Crippen LogP contribution in [-0.2, 0) is 4.79 Å². The fraction of sp³-hybridized carbons (Fsp3) is 0.222. The van der Waals surface area contributed by atoms with Gasteiger partial charge in [-0.2, -0.15) is 0 Å². The molecule has 1 atom stereocenters. The molecule has 0 saturated carbocycles. The van der Waals surface area contributed by atoms with Crippen molar-refractivity contribution in [1.29, 1.82) is 0 Å². The number of hydrogen-bond donors (Lipinski definition) is 0. The third-order valence-corrected chi connectivity index (χ3v) is 5.27. The van der Waals surface area contributed by atoms with Gasteiger partial charge in [0.1, 0.15) is 5.75 Å². The molecule has 1 aliphatic heterocycles. The average Bonchev–Trinajstić information content (AvgIpc) is 3.04. The number of thiazole rings is 1. The molecule has 0 bridgehead atoms. The first-order valence-electron chi connectivity index (χ1n) is 7.59. The van der Waals surface area contributed by atoms with Gasteiger partial charge in [0.15, 0.2) is 5.13 Å². The normalized spacial score (nSPS) is 16.7. The van der Waals surface area contributed by atoms with Crippen molar-refractivity contribution >= 4 is 32.6 Å². The van der Waals surface area contributed by atoms with Crippen molar-refractivity contribution in [3.63, 3.8) is 0 Å².